The number of amides is 2. The number of sulfonamides is 1. The third-order valence-corrected chi connectivity index (χ3v) is 8.87. The summed E-state index contributed by atoms with van der Waals surface area (Å²) in [4.78, 5) is 28.1. The number of rotatable bonds is 12. The minimum atomic E-state index is -4.89. The Balaban J connectivity index is 2.14. The number of hydrogen-bond acceptors (Lipinski definition) is 4. The molecule has 0 spiro atoms. The van der Waals surface area contributed by atoms with Crippen LogP contribution >= 0.6 is 23.2 Å². The average Bonchev–Trinajstić information content (AvgIpc) is 2.95. The SMILES string of the molecule is CCCNC(=O)C(CC)N(Cc1ccccc1Cl)C(=O)CN(c1ccc(Cl)c(C(F)(F)F)c1)S(=O)(=O)c1ccccc1. The van der Waals surface area contributed by atoms with Crippen LogP contribution < -0.4 is 9.62 Å². The summed E-state index contributed by atoms with van der Waals surface area (Å²) in [7, 11) is -4.56. The van der Waals surface area contributed by atoms with Gasteiger partial charge in [-0.3, -0.25) is 13.9 Å². The molecule has 1 atom stereocenters. The van der Waals surface area contributed by atoms with Gasteiger partial charge in [-0.1, -0.05) is 73.4 Å². The van der Waals surface area contributed by atoms with E-state index in [1.165, 1.54) is 29.2 Å². The first-order valence-corrected chi connectivity index (χ1v) is 15.3. The molecule has 0 saturated heterocycles. The number of carbonyl (C=O) groups excluding carboxylic acids is 2. The summed E-state index contributed by atoms with van der Waals surface area (Å²) in [5.41, 5.74) is -1.19. The number of benzene rings is 3. The second-order valence-electron chi connectivity index (χ2n) is 9.31. The Kier molecular flexibility index (Phi) is 11.3. The number of hydrogen-bond donors (Lipinski definition) is 1. The molecule has 3 aromatic carbocycles. The van der Waals surface area contributed by atoms with Crippen molar-refractivity contribution in [2.24, 2.45) is 0 Å². The maximum atomic E-state index is 14.0. The van der Waals surface area contributed by atoms with E-state index in [0.717, 1.165) is 12.1 Å². The molecule has 42 heavy (non-hydrogen) atoms. The number of nitrogens with zero attached hydrogens (tertiary/aromatic N) is 2. The van der Waals surface area contributed by atoms with Crippen LogP contribution in [-0.4, -0.2) is 44.3 Å². The largest absolute Gasteiger partial charge is 0.417 e. The van der Waals surface area contributed by atoms with Crippen LogP contribution in [0.3, 0.4) is 0 Å². The lowest BCUT2D eigenvalue weighted by Crippen LogP contribution is -2.52. The van der Waals surface area contributed by atoms with Gasteiger partial charge in [0.2, 0.25) is 11.8 Å². The van der Waals surface area contributed by atoms with Crippen LogP contribution in [0.1, 0.15) is 37.8 Å². The highest BCUT2D eigenvalue weighted by atomic mass is 35.5. The Morgan fingerprint density at radius 3 is 2.17 bits per heavy atom. The summed E-state index contributed by atoms with van der Waals surface area (Å²) in [6.07, 6.45) is -4.07. The van der Waals surface area contributed by atoms with Crippen LogP contribution in [-0.2, 0) is 32.3 Å². The zero-order chi connectivity index (χ0) is 31.1. The van der Waals surface area contributed by atoms with E-state index in [1.54, 1.807) is 37.3 Å². The molecule has 3 rings (SSSR count). The van der Waals surface area contributed by atoms with Gasteiger partial charge in [0.15, 0.2) is 0 Å². The van der Waals surface area contributed by atoms with Gasteiger partial charge in [-0.25, -0.2) is 8.42 Å². The molecule has 2 amide bonds. The Hall–Kier alpha value is -3.28. The highest BCUT2D eigenvalue weighted by Crippen LogP contribution is 2.38. The number of nitrogens with one attached hydrogen (secondary N) is 1. The van der Waals surface area contributed by atoms with E-state index < -0.39 is 56.9 Å². The van der Waals surface area contributed by atoms with Gasteiger partial charge in [0, 0.05) is 18.1 Å². The lowest BCUT2D eigenvalue weighted by Gasteiger charge is -2.33. The molecule has 13 heteroatoms. The van der Waals surface area contributed by atoms with Gasteiger partial charge in [0.05, 0.1) is 21.2 Å². The standard InChI is InChI=1S/C29H30Cl2F3N3O4S/c1-3-16-35-28(39)26(4-2)36(18-20-10-8-9-13-24(20)30)27(38)19-37(42(40,41)22-11-6-5-7-12-22)21-14-15-25(31)23(17-21)29(32,33)34/h5-15,17,26H,3-4,16,18-19H2,1-2H3,(H,35,39). The first-order chi connectivity index (χ1) is 19.8. The Morgan fingerprint density at radius 2 is 1.57 bits per heavy atom. The van der Waals surface area contributed by atoms with Gasteiger partial charge < -0.3 is 10.2 Å². The van der Waals surface area contributed by atoms with Crippen LogP contribution in [0.2, 0.25) is 10.0 Å². The fourth-order valence-electron chi connectivity index (χ4n) is 4.23. The van der Waals surface area contributed by atoms with Gasteiger partial charge in [-0.15, -0.1) is 0 Å². The Bertz CT molecular complexity index is 1510. The second kappa shape index (κ2) is 14.3. The van der Waals surface area contributed by atoms with Crippen molar-refractivity contribution in [2.45, 2.75) is 50.3 Å². The van der Waals surface area contributed by atoms with Gasteiger partial charge >= 0.3 is 6.18 Å². The Labute approximate surface area is 253 Å². The Morgan fingerprint density at radius 1 is 0.929 bits per heavy atom. The molecule has 0 bridgehead atoms. The normalized spacial score (nSPS) is 12.5. The van der Waals surface area contributed by atoms with Crippen molar-refractivity contribution in [3.8, 4) is 0 Å². The van der Waals surface area contributed by atoms with E-state index in [9.17, 15) is 31.2 Å². The molecule has 0 saturated carbocycles. The fourth-order valence-corrected chi connectivity index (χ4v) is 6.08. The van der Waals surface area contributed by atoms with E-state index in [4.69, 9.17) is 23.2 Å². The molecule has 0 heterocycles. The molecule has 0 aromatic heterocycles. The monoisotopic (exact) mass is 643 g/mol. The molecule has 0 aliphatic rings. The highest BCUT2D eigenvalue weighted by Gasteiger charge is 2.37. The quantitative estimate of drug-likeness (QED) is 0.243. The summed E-state index contributed by atoms with van der Waals surface area (Å²) < 4.78 is 69.4. The summed E-state index contributed by atoms with van der Waals surface area (Å²) in [6, 6.07) is 15.2. The van der Waals surface area contributed by atoms with Gasteiger partial charge in [-0.05, 0) is 54.8 Å². The first kappa shape index (κ1) is 33.2. The van der Waals surface area contributed by atoms with Crippen molar-refractivity contribution >= 4 is 50.7 Å². The minimum absolute atomic E-state index is 0.149. The van der Waals surface area contributed by atoms with E-state index in [0.29, 0.717) is 33.9 Å². The van der Waals surface area contributed by atoms with E-state index >= 15 is 0 Å². The van der Waals surface area contributed by atoms with Crippen LogP contribution in [0, 0.1) is 0 Å². The summed E-state index contributed by atoms with van der Waals surface area (Å²) >= 11 is 12.1. The summed E-state index contributed by atoms with van der Waals surface area (Å²) in [6.45, 7) is 2.85. The van der Waals surface area contributed by atoms with Gasteiger partial charge in [-0.2, -0.15) is 13.2 Å². The summed E-state index contributed by atoms with van der Waals surface area (Å²) in [5, 5.41) is 2.44. The molecule has 0 aliphatic heterocycles. The first-order valence-electron chi connectivity index (χ1n) is 13.1. The molecule has 3 aromatic rings. The molecule has 0 radical (unpaired) electrons. The van der Waals surface area contributed by atoms with Gasteiger partial charge in [0.25, 0.3) is 10.0 Å². The fraction of sp³-hybridized carbons (Fsp3) is 0.310. The maximum absolute atomic E-state index is 14.0. The minimum Gasteiger partial charge on any atom is -0.354 e. The van der Waals surface area contributed by atoms with Crippen molar-refractivity contribution in [1.29, 1.82) is 0 Å². The van der Waals surface area contributed by atoms with Gasteiger partial charge in [0.1, 0.15) is 12.6 Å². The highest BCUT2D eigenvalue weighted by molar-refractivity contribution is 7.92. The van der Waals surface area contributed by atoms with Crippen LogP contribution in [0.15, 0.2) is 77.7 Å². The predicted molar refractivity (Wildman–Crippen MR) is 157 cm³/mol. The van der Waals surface area contributed by atoms with Crippen molar-refractivity contribution in [1.82, 2.24) is 10.2 Å². The molecule has 0 fully saturated rings. The smallest absolute Gasteiger partial charge is 0.354 e. The number of alkyl halides is 3. The van der Waals surface area contributed by atoms with E-state index in [2.05, 4.69) is 5.32 Å². The lowest BCUT2D eigenvalue weighted by atomic mass is 10.1. The number of anilines is 1. The van der Waals surface area contributed by atoms with Crippen molar-refractivity contribution < 1.29 is 31.2 Å². The lowest BCUT2D eigenvalue weighted by molar-refractivity contribution is -0.140. The van der Waals surface area contributed by atoms with Crippen molar-refractivity contribution in [3.63, 3.8) is 0 Å². The zero-order valence-corrected chi connectivity index (χ0v) is 25.2. The number of carbonyl (C=O) groups is 2. The van der Waals surface area contributed by atoms with E-state index in [1.807, 2.05) is 6.92 Å². The molecule has 1 unspecified atom stereocenters. The maximum Gasteiger partial charge on any atom is 0.417 e. The topological polar surface area (TPSA) is 86.8 Å². The van der Waals surface area contributed by atoms with Crippen molar-refractivity contribution in [3.05, 3.63) is 94.0 Å². The predicted octanol–water partition coefficient (Wildman–Crippen LogP) is 6.54. The molecular formula is C29H30Cl2F3N3O4S. The summed E-state index contributed by atoms with van der Waals surface area (Å²) in [5.74, 6) is -1.28. The third kappa shape index (κ3) is 7.96. The van der Waals surface area contributed by atoms with Crippen LogP contribution in [0.5, 0.6) is 0 Å². The molecule has 0 aliphatic carbocycles. The van der Waals surface area contributed by atoms with Crippen LogP contribution in [0.4, 0.5) is 18.9 Å². The number of halogens is 5. The molecule has 226 valence electrons. The molecular weight excluding hydrogens is 614 g/mol. The van der Waals surface area contributed by atoms with Crippen molar-refractivity contribution in [2.75, 3.05) is 17.4 Å². The molecule has 7 nitrogen and oxygen atoms in total. The zero-order valence-electron chi connectivity index (χ0n) is 22.9. The van der Waals surface area contributed by atoms with E-state index in [-0.39, 0.29) is 17.9 Å². The average molecular weight is 645 g/mol. The molecule has 1 N–H and O–H groups in total. The second-order valence-corrected chi connectivity index (χ2v) is 12.0. The third-order valence-electron chi connectivity index (χ3n) is 6.39. The van der Waals surface area contributed by atoms with Crippen LogP contribution in [0.25, 0.3) is 0 Å².